The van der Waals surface area contributed by atoms with Crippen LogP contribution in [0.5, 0.6) is 0 Å². The lowest BCUT2D eigenvalue weighted by molar-refractivity contribution is 0.0498. The van der Waals surface area contributed by atoms with Gasteiger partial charge in [0.25, 0.3) is 0 Å². The van der Waals surface area contributed by atoms with E-state index in [1.807, 2.05) is 0 Å². The van der Waals surface area contributed by atoms with Gasteiger partial charge in [0.15, 0.2) is 15.7 Å². The summed E-state index contributed by atoms with van der Waals surface area (Å²) in [5.41, 5.74) is 0. The molecule has 0 saturated carbocycles. The Morgan fingerprint density at radius 2 is 2.25 bits per heavy atom. The molecule has 20 heavy (non-hydrogen) atoms. The van der Waals surface area contributed by atoms with Crippen LogP contribution in [0, 0.1) is 0 Å². The molecule has 2 heterocycles. The zero-order chi connectivity index (χ0) is 14.6. The molecule has 0 aromatic carbocycles. The second kappa shape index (κ2) is 6.64. The van der Waals surface area contributed by atoms with Crippen LogP contribution in [-0.2, 0) is 20.3 Å². The van der Waals surface area contributed by atoms with Crippen molar-refractivity contribution in [3.05, 3.63) is 11.7 Å². The van der Waals surface area contributed by atoms with Crippen LogP contribution in [0.2, 0.25) is 0 Å². The standard InChI is InChI=1S/C12H21N3O4S/c1-3-5-13-10-4-6-18-7-9(10)12-14-11(15-19-12)8-20(2,16)17/h9-10,13H,3-8H2,1-2H3. The van der Waals surface area contributed by atoms with Crippen LogP contribution < -0.4 is 5.32 Å². The van der Waals surface area contributed by atoms with Crippen LogP contribution in [0.4, 0.5) is 0 Å². The third-order valence-electron chi connectivity index (χ3n) is 3.21. The summed E-state index contributed by atoms with van der Waals surface area (Å²) in [6.07, 6.45) is 3.08. The summed E-state index contributed by atoms with van der Waals surface area (Å²) in [5.74, 6) is 0.451. The van der Waals surface area contributed by atoms with Crippen LogP contribution in [0.15, 0.2) is 4.52 Å². The molecule has 1 N–H and O–H groups in total. The van der Waals surface area contributed by atoms with E-state index in [2.05, 4.69) is 22.4 Å². The molecule has 1 fully saturated rings. The molecule has 0 bridgehead atoms. The number of hydrogen-bond donors (Lipinski definition) is 1. The van der Waals surface area contributed by atoms with E-state index in [-0.39, 0.29) is 23.5 Å². The first-order valence-corrected chi connectivity index (χ1v) is 8.87. The van der Waals surface area contributed by atoms with Crippen molar-refractivity contribution in [2.75, 3.05) is 26.0 Å². The minimum Gasteiger partial charge on any atom is -0.381 e. The van der Waals surface area contributed by atoms with Gasteiger partial charge in [-0.05, 0) is 19.4 Å². The van der Waals surface area contributed by atoms with Crippen LogP contribution in [0.3, 0.4) is 0 Å². The molecule has 8 heteroatoms. The molecular weight excluding hydrogens is 282 g/mol. The monoisotopic (exact) mass is 303 g/mol. The van der Waals surface area contributed by atoms with Gasteiger partial charge in [-0.3, -0.25) is 0 Å². The Balaban J connectivity index is 2.08. The molecule has 1 aromatic heterocycles. The van der Waals surface area contributed by atoms with Gasteiger partial charge in [0, 0.05) is 18.9 Å². The Kier molecular flexibility index (Phi) is 5.11. The highest BCUT2D eigenvalue weighted by atomic mass is 32.2. The summed E-state index contributed by atoms with van der Waals surface area (Å²) < 4.78 is 33.2. The highest BCUT2D eigenvalue weighted by Crippen LogP contribution is 2.25. The van der Waals surface area contributed by atoms with E-state index in [4.69, 9.17) is 9.26 Å². The lowest BCUT2D eigenvalue weighted by Gasteiger charge is -2.29. The van der Waals surface area contributed by atoms with Gasteiger partial charge in [-0.1, -0.05) is 12.1 Å². The number of rotatable bonds is 6. The van der Waals surface area contributed by atoms with Crippen molar-refractivity contribution in [3.8, 4) is 0 Å². The van der Waals surface area contributed by atoms with Gasteiger partial charge >= 0.3 is 0 Å². The number of hydrogen-bond acceptors (Lipinski definition) is 7. The van der Waals surface area contributed by atoms with E-state index in [0.717, 1.165) is 25.6 Å². The fourth-order valence-electron chi connectivity index (χ4n) is 2.27. The lowest BCUT2D eigenvalue weighted by Crippen LogP contribution is -2.41. The maximum atomic E-state index is 11.2. The predicted octanol–water partition coefficient (Wildman–Crippen LogP) is 0.486. The molecule has 0 aliphatic carbocycles. The number of ether oxygens (including phenoxy) is 1. The van der Waals surface area contributed by atoms with Crippen molar-refractivity contribution >= 4 is 9.84 Å². The average molecular weight is 303 g/mol. The molecule has 2 unspecified atom stereocenters. The Bertz CT molecular complexity index is 529. The zero-order valence-electron chi connectivity index (χ0n) is 11.8. The normalized spacial score (nSPS) is 23.9. The quantitative estimate of drug-likeness (QED) is 0.817. The second-order valence-electron chi connectivity index (χ2n) is 5.15. The van der Waals surface area contributed by atoms with Crippen LogP contribution in [0.1, 0.15) is 37.4 Å². The molecule has 114 valence electrons. The third-order valence-corrected chi connectivity index (χ3v) is 3.99. The number of aromatic nitrogens is 2. The van der Waals surface area contributed by atoms with Gasteiger partial charge in [-0.15, -0.1) is 0 Å². The topological polar surface area (TPSA) is 94.3 Å². The molecule has 0 amide bonds. The van der Waals surface area contributed by atoms with Gasteiger partial charge in [-0.25, -0.2) is 8.42 Å². The fourth-order valence-corrected chi connectivity index (χ4v) is 2.85. The number of nitrogens with one attached hydrogen (secondary N) is 1. The van der Waals surface area contributed by atoms with E-state index in [0.29, 0.717) is 19.1 Å². The third kappa shape index (κ3) is 4.26. The molecule has 1 saturated heterocycles. The Hall–Kier alpha value is -0.990. The largest absolute Gasteiger partial charge is 0.381 e. The summed E-state index contributed by atoms with van der Waals surface area (Å²) in [7, 11) is -3.15. The Labute approximate surface area is 119 Å². The highest BCUT2D eigenvalue weighted by molar-refractivity contribution is 7.89. The minimum absolute atomic E-state index is 0.0175. The molecule has 2 atom stereocenters. The van der Waals surface area contributed by atoms with Crippen LogP contribution in [-0.4, -0.2) is 50.6 Å². The van der Waals surface area contributed by atoms with Crippen molar-refractivity contribution in [3.63, 3.8) is 0 Å². The van der Waals surface area contributed by atoms with Crippen molar-refractivity contribution < 1.29 is 17.7 Å². The summed E-state index contributed by atoms with van der Waals surface area (Å²) in [6, 6.07) is 0.232. The number of nitrogens with zero attached hydrogens (tertiary/aromatic N) is 2. The molecule has 1 aliphatic heterocycles. The highest BCUT2D eigenvalue weighted by Gasteiger charge is 2.31. The molecule has 7 nitrogen and oxygen atoms in total. The first kappa shape index (κ1) is 15.4. The molecule has 2 rings (SSSR count). The van der Waals surface area contributed by atoms with Gasteiger partial charge in [0.1, 0.15) is 5.75 Å². The molecular formula is C12H21N3O4S. The van der Waals surface area contributed by atoms with E-state index in [1.165, 1.54) is 0 Å². The summed E-state index contributed by atoms with van der Waals surface area (Å²) >= 11 is 0. The summed E-state index contributed by atoms with van der Waals surface area (Å²) in [5, 5.41) is 7.19. The Morgan fingerprint density at radius 3 is 2.95 bits per heavy atom. The van der Waals surface area contributed by atoms with Crippen molar-refractivity contribution in [2.45, 2.75) is 37.5 Å². The zero-order valence-corrected chi connectivity index (χ0v) is 12.6. The van der Waals surface area contributed by atoms with Gasteiger partial charge in [-0.2, -0.15) is 4.98 Å². The molecule has 1 aromatic rings. The Morgan fingerprint density at radius 1 is 1.45 bits per heavy atom. The van der Waals surface area contributed by atoms with E-state index < -0.39 is 9.84 Å². The first-order valence-electron chi connectivity index (χ1n) is 6.81. The van der Waals surface area contributed by atoms with E-state index >= 15 is 0 Å². The SMILES string of the molecule is CCCNC1CCOCC1c1nc(CS(C)(=O)=O)no1. The predicted molar refractivity (Wildman–Crippen MR) is 73.1 cm³/mol. The van der Waals surface area contributed by atoms with Crippen LogP contribution >= 0.6 is 0 Å². The minimum atomic E-state index is -3.15. The molecule has 1 aliphatic rings. The van der Waals surface area contributed by atoms with Gasteiger partial charge in [0.2, 0.25) is 5.89 Å². The van der Waals surface area contributed by atoms with Crippen molar-refractivity contribution in [1.29, 1.82) is 0 Å². The lowest BCUT2D eigenvalue weighted by atomic mass is 9.95. The number of sulfone groups is 1. The maximum absolute atomic E-state index is 11.2. The van der Waals surface area contributed by atoms with Crippen molar-refractivity contribution in [2.24, 2.45) is 0 Å². The maximum Gasteiger partial charge on any atom is 0.233 e. The molecule has 0 spiro atoms. The summed E-state index contributed by atoms with van der Waals surface area (Å²) in [6.45, 7) is 4.26. The smallest absolute Gasteiger partial charge is 0.233 e. The van der Waals surface area contributed by atoms with Gasteiger partial charge < -0.3 is 14.6 Å². The average Bonchev–Trinajstić information content (AvgIpc) is 2.82. The second-order valence-corrected chi connectivity index (χ2v) is 7.29. The van der Waals surface area contributed by atoms with Gasteiger partial charge in [0.05, 0.1) is 12.5 Å². The first-order chi connectivity index (χ1) is 9.49. The molecule has 0 radical (unpaired) electrons. The van der Waals surface area contributed by atoms with Crippen molar-refractivity contribution in [1.82, 2.24) is 15.5 Å². The van der Waals surface area contributed by atoms with E-state index in [9.17, 15) is 8.42 Å². The van der Waals surface area contributed by atoms with E-state index in [1.54, 1.807) is 0 Å². The van der Waals surface area contributed by atoms with Crippen LogP contribution in [0.25, 0.3) is 0 Å². The fraction of sp³-hybridized carbons (Fsp3) is 0.833. The summed E-state index contributed by atoms with van der Waals surface area (Å²) in [4.78, 5) is 4.20.